The quantitative estimate of drug-likeness (QED) is 0.432. The molecule has 4 rings (SSSR count). The summed E-state index contributed by atoms with van der Waals surface area (Å²) in [5.41, 5.74) is 3.19. The minimum Gasteiger partial charge on any atom is -0.278 e. The zero-order valence-corrected chi connectivity index (χ0v) is 17.9. The largest absolute Gasteiger partial charge is 0.278 e. The van der Waals surface area contributed by atoms with Gasteiger partial charge in [0.25, 0.3) is 5.91 Å². The summed E-state index contributed by atoms with van der Waals surface area (Å²) in [6.45, 7) is 4.89. The highest BCUT2D eigenvalue weighted by Crippen LogP contribution is 2.32. The van der Waals surface area contributed by atoms with Gasteiger partial charge in [0.1, 0.15) is 5.69 Å². The standard InChI is InChI=1S/C20H18BrN5OS/c1-3-26-17(9-13(2)24-26)19(27)25(12-14-5-4-8-22-11-14)20-23-16-7-6-15(21)10-18(16)28-20/h4-11H,3,12H2,1-2H3. The van der Waals surface area contributed by atoms with Gasteiger partial charge in [0.2, 0.25) is 0 Å². The maximum atomic E-state index is 13.5. The van der Waals surface area contributed by atoms with Crippen LogP contribution in [0.1, 0.15) is 28.7 Å². The zero-order valence-electron chi connectivity index (χ0n) is 15.5. The van der Waals surface area contributed by atoms with Gasteiger partial charge in [0.15, 0.2) is 5.13 Å². The Hall–Kier alpha value is -2.58. The van der Waals surface area contributed by atoms with E-state index >= 15 is 0 Å². The molecule has 0 saturated carbocycles. The average Bonchev–Trinajstić information content (AvgIpc) is 3.29. The van der Waals surface area contributed by atoms with E-state index < -0.39 is 0 Å². The molecule has 0 unspecified atom stereocenters. The number of pyridine rings is 1. The number of aromatic nitrogens is 4. The first-order valence-electron chi connectivity index (χ1n) is 8.86. The lowest BCUT2D eigenvalue weighted by atomic mass is 10.2. The van der Waals surface area contributed by atoms with Crippen molar-refractivity contribution in [3.63, 3.8) is 0 Å². The second-order valence-corrected chi connectivity index (χ2v) is 8.27. The second-order valence-electron chi connectivity index (χ2n) is 6.35. The molecule has 1 aromatic carbocycles. The lowest BCUT2D eigenvalue weighted by molar-refractivity contribution is 0.0975. The third-order valence-corrected chi connectivity index (χ3v) is 5.83. The molecule has 0 aliphatic carbocycles. The fourth-order valence-corrected chi connectivity index (χ4v) is 4.51. The Morgan fingerprint density at radius 3 is 2.89 bits per heavy atom. The van der Waals surface area contributed by atoms with Gasteiger partial charge in [0.05, 0.1) is 22.5 Å². The molecule has 0 N–H and O–H groups in total. The van der Waals surface area contributed by atoms with E-state index in [4.69, 9.17) is 4.98 Å². The lowest BCUT2D eigenvalue weighted by Gasteiger charge is -2.20. The zero-order chi connectivity index (χ0) is 19.7. The predicted molar refractivity (Wildman–Crippen MR) is 115 cm³/mol. The fourth-order valence-electron chi connectivity index (χ4n) is 3.00. The first-order valence-corrected chi connectivity index (χ1v) is 10.5. The number of benzene rings is 1. The van der Waals surface area contributed by atoms with E-state index in [0.29, 0.717) is 23.9 Å². The Morgan fingerprint density at radius 1 is 1.29 bits per heavy atom. The minimum atomic E-state index is -0.121. The van der Waals surface area contributed by atoms with Crippen LogP contribution in [0.4, 0.5) is 5.13 Å². The second kappa shape index (κ2) is 7.81. The van der Waals surface area contributed by atoms with Crippen LogP contribution in [0.15, 0.2) is 53.3 Å². The number of hydrogen-bond acceptors (Lipinski definition) is 5. The van der Waals surface area contributed by atoms with Crippen LogP contribution in [0.3, 0.4) is 0 Å². The van der Waals surface area contributed by atoms with Crippen molar-refractivity contribution >= 4 is 48.5 Å². The average molecular weight is 456 g/mol. The van der Waals surface area contributed by atoms with Gasteiger partial charge in [-0.15, -0.1) is 0 Å². The summed E-state index contributed by atoms with van der Waals surface area (Å²) in [6.07, 6.45) is 3.49. The Balaban J connectivity index is 1.79. The molecule has 0 aliphatic rings. The maximum absolute atomic E-state index is 13.5. The summed E-state index contributed by atoms with van der Waals surface area (Å²) in [5.74, 6) is -0.121. The van der Waals surface area contributed by atoms with Gasteiger partial charge in [0, 0.05) is 23.4 Å². The molecule has 1 amide bonds. The van der Waals surface area contributed by atoms with E-state index in [2.05, 4.69) is 26.0 Å². The van der Waals surface area contributed by atoms with Crippen LogP contribution in [0.25, 0.3) is 10.2 Å². The van der Waals surface area contributed by atoms with Crippen molar-refractivity contribution < 1.29 is 4.79 Å². The highest BCUT2D eigenvalue weighted by atomic mass is 79.9. The molecule has 0 fully saturated rings. The molecule has 0 saturated heterocycles. The van der Waals surface area contributed by atoms with Crippen LogP contribution in [0, 0.1) is 6.92 Å². The number of nitrogens with zero attached hydrogens (tertiary/aromatic N) is 5. The molecule has 0 spiro atoms. The highest BCUT2D eigenvalue weighted by Gasteiger charge is 2.25. The number of carbonyl (C=O) groups excluding carboxylic acids is 1. The number of anilines is 1. The van der Waals surface area contributed by atoms with Gasteiger partial charge in [-0.3, -0.25) is 19.4 Å². The van der Waals surface area contributed by atoms with Crippen LogP contribution in [-0.4, -0.2) is 25.7 Å². The first kappa shape index (κ1) is 18.8. The van der Waals surface area contributed by atoms with Gasteiger partial charge in [-0.1, -0.05) is 33.3 Å². The van der Waals surface area contributed by atoms with Crippen molar-refractivity contribution in [2.75, 3.05) is 4.90 Å². The number of thiazole rings is 1. The summed E-state index contributed by atoms with van der Waals surface area (Å²) in [7, 11) is 0. The van der Waals surface area contributed by atoms with Crippen molar-refractivity contribution in [3.05, 3.63) is 70.2 Å². The molecular formula is C20H18BrN5OS. The van der Waals surface area contributed by atoms with E-state index in [1.807, 2.05) is 50.2 Å². The SMILES string of the molecule is CCn1nc(C)cc1C(=O)N(Cc1cccnc1)c1nc2ccc(Br)cc2s1. The smallest absolute Gasteiger partial charge is 0.278 e. The number of halogens is 1. The maximum Gasteiger partial charge on any atom is 0.278 e. The summed E-state index contributed by atoms with van der Waals surface area (Å²) >= 11 is 4.99. The molecule has 0 atom stereocenters. The predicted octanol–water partition coefficient (Wildman–Crippen LogP) is 4.83. The molecule has 3 heterocycles. The van der Waals surface area contributed by atoms with Crippen LogP contribution in [0.5, 0.6) is 0 Å². The Morgan fingerprint density at radius 2 is 2.14 bits per heavy atom. The molecule has 28 heavy (non-hydrogen) atoms. The number of aryl methyl sites for hydroxylation is 2. The molecule has 0 radical (unpaired) electrons. The topological polar surface area (TPSA) is 63.9 Å². The number of carbonyl (C=O) groups is 1. The van der Waals surface area contributed by atoms with Gasteiger partial charge >= 0.3 is 0 Å². The van der Waals surface area contributed by atoms with E-state index in [-0.39, 0.29) is 5.91 Å². The summed E-state index contributed by atoms with van der Waals surface area (Å²) in [4.78, 5) is 24.1. The molecule has 0 aliphatic heterocycles. The molecule has 4 aromatic rings. The monoisotopic (exact) mass is 455 g/mol. The van der Waals surface area contributed by atoms with E-state index in [0.717, 1.165) is 25.9 Å². The van der Waals surface area contributed by atoms with Crippen molar-refractivity contribution in [2.45, 2.75) is 26.9 Å². The summed E-state index contributed by atoms with van der Waals surface area (Å²) < 4.78 is 3.74. The molecule has 3 aromatic heterocycles. The number of hydrogen-bond donors (Lipinski definition) is 0. The van der Waals surface area contributed by atoms with Gasteiger partial charge in [-0.2, -0.15) is 5.10 Å². The Labute approximate surface area is 175 Å². The Bertz CT molecular complexity index is 1140. The van der Waals surface area contributed by atoms with Crippen LogP contribution in [-0.2, 0) is 13.1 Å². The first-order chi connectivity index (χ1) is 13.5. The minimum absolute atomic E-state index is 0.121. The fraction of sp³-hybridized carbons (Fsp3) is 0.200. The normalized spacial score (nSPS) is 11.1. The van der Waals surface area contributed by atoms with E-state index in [9.17, 15) is 4.79 Å². The highest BCUT2D eigenvalue weighted by molar-refractivity contribution is 9.10. The molecular weight excluding hydrogens is 438 g/mol. The number of fused-ring (bicyclic) bond motifs is 1. The van der Waals surface area contributed by atoms with Crippen LogP contribution >= 0.6 is 27.3 Å². The van der Waals surface area contributed by atoms with E-state index in [1.165, 1.54) is 11.3 Å². The number of amides is 1. The molecule has 0 bridgehead atoms. The van der Waals surface area contributed by atoms with Gasteiger partial charge in [-0.05, 0) is 49.7 Å². The molecule has 6 nitrogen and oxygen atoms in total. The summed E-state index contributed by atoms with van der Waals surface area (Å²) in [5, 5.41) is 5.08. The van der Waals surface area contributed by atoms with Crippen molar-refractivity contribution in [2.24, 2.45) is 0 Å². The van der Waals surface area contributed by atoms with Gasteiger partial charge in [-0.25, -0.2) is 4.98 Å². The molecule has 142 valence electrons. The van der Waals surface area contributed by atoms with Crippen LogP contribution < -0.4 is 4.90 Å². The third-order valence-electron chi connectivity index (χ3n) is 4.30. The van der Waals surface area contributed by atoms with Crippen molar-refractivity contribution in [1.29, 1.82) is 0 Å². The van der Waals surface area contributed by atoms with Crippen LogP contribution in [0.2, 0.25) is 0 Å². The van der Waals surface area contributed by atoms with E-state index in [1.54, 1.807) is 22.0 Å². The Kier molecular flexibility index (Phi) is 5.23. The van der Waals surface area contributed by atoms with Gasteiger partial charge < -0.3 is 0 Å². The van der Waals surface area contributed by atoms with Crippen molar-refractivity contribution in [1.82, 2.24) is 19.7 Å². The lowest BCUT2D eigenvalue weighted by Crippen LogP contribution is -2.32. The molecule has 8 heteroatoms. The third kappa shape index (κ3) is 3.70. The van der Waals surface area contributed by atoms with Crippen molar-refractivity contribution in [3.8, 4) is 0 Å². The summed E-state index contributed by atoms with van der Waals surface area (Å²) in [6, 6.07) is 11.6. The number of rotatable bonds is 5.